The monoisotopic (exact) mass is 222 g/mol. The highest BCUT2D eigenvalue weighted by molar-refractivity contribution is 5.90. The number of ketones is 1. The molecule has 0 bridgehead atoms. The van der Waals surface area contributed by atoms with Crippen LogP contribution in [0.3, 0.4) is 0 Å². The fourth-order valence-electron chi connectivity index (χ4n) is 2.72. The van der Waals surface area contributed by atoms with Crippen molar-refractivity contribution in [2.24, 2.45) is 17.8 Å². The molecular formula is C15H26O. The molecule has 0 amide bonds. The van der Waals surface area contributed by atoms with E-state index in [1.807, 2.05) is 13.8 Å². The van der Waals surface area contributed by atoms with Gasteiger partial charge in [0, 0.05) is 6.42 Å². The summed E-state index contributed by atoms with van der Waals surface area (Å²) in [5.74, 6) is 2.56. The van der Waals surface area contributed by atoms with Crippen LogP contribution in [0.5, 0.6) is 0 Å². The number of hydrogen-bond donors (Lipinski definition) is 0. The van der Waals surface area contributed by atoms with Gasteiger partial charge in [0.05, 0.1) is 0 Å². The van der Waals surface area contributed by atoms with Gasteiger partial charge < -0.3 is 0 Å². The maximum atomic E-state index is 11.7. The van der Waals surface area contributed by atoms with Crippen LogP contribution >= 0.6 is 0 Å². The second-order valence-electron chi connectivity index (χ2n) is 5.89. The van der Waals surface area contributed by atoms with Crippen LogP contribution < -0.4 is 0 Å². The SMILES string of the molecule is CC(C)=CC(=O)CC(C)C1CCC(C)CC1. The van der Waals surface area contributed by atoms with Gasteiger partial charge >= 0.3 is 0 Å². The third-order valence-electron chi connectivity index (χ3n) is 3.84. The second-order valence-corrected chi connectivity index (χ2v) is 5.89. The Kier molecular flexibility index (Phi) is 5.24. The molecule has 1 rings (SSSR count). The molecule has 1 heteroatoms. The van der Waals surface area contributed by atoms with Gasteiger partial charge in [0.15, 0.2) is 5.78 Å². The Labute approximate surface area is 100 Å². The van der Waals surface area contributed by atoms with Crippen molar-refractivity contribution in [1.82, 2.24) is 0 Å². The molecule has 1 fully saturated rings. The van der Waals surface area contributed by atoms with E-state index in [9.17, 15) is 4.79 Å². The van der Waals surface area contributed by atoms with E-state index >= 15 is 0 Å². The highest BCUT2D eigenvalue weighted by Crippen LogP contribution is 2.34. The zero-order valence-corrected chi connectivity index (χ0v) is 11.3. The van der Waals surface area contributed by atoms with E-state index in [1.54, 1.807) is 6.08 Å². The van der Waals surface area contributed by atoms with Crippen LogP contribution in [0, 0.1) is 17.8 Å². The Hall–Kier alpha value is -0.590. The van der Waals surface area contributed by atoms with Gasteiger partial charge in [-0.3, -0.25) is 4.79 Å². The molecule has 1 aliphatic rings. The number of carbonyl (C=O) groups is 1. The summed E-state index contributed by atoms with van der Waals surface area (Å²) in [6, 6.07) is 0. The average molecular weight is 222 g/mol. The zero-order valence-electron chi connectivity index (χ0n) is 11.3. The molecule has 1 unspecified atom stereocenters. The fourth-order valence-corrected chi connectivity index (χ4v) is 2.72. The Balaban J connectivity index is 2.37. The van der Waals surface area contributed by atoms with Crippen LogP contribution in [0.2, 0.25) is 0 Å². The van der Waals surface area contributed by atoms with Crippen molar-refractivity contribution in [3.8, 4) is 0 Å². The lowest BCUT2D eigenvalue weighted by Crippen LogP contribution is -2.20. The lowest BCUT2D eigenvalue weighted by molar-refractivity contribution is -0.115. The summed E-state index contributed by atoms with van der Waals surface area (Å²) in [5.41, 5.74) is 1.12. The highest BCUT2D eigenvalue weighted by atomic mass is 16.1. The summed E-state index contributed by atoms with van der Waals surface area (Å²) in [6.07, 6.45) is 7.89. The third kappa shape index (κ3) is 4.51. The van der Waals surface area contributed by atoms with E-state index in [1.165, 1.54) is 25.7 Å². The fraction of sp³-hybridized carbons (Fsp3) is 0.800. The lowest BCUT2D eigenvalue weighted by atomic mass is 9.75. The van der Waals surface area contributed by atoms with Crippen molar-refractivity contribution >= 4 is 5.78 Å². The molecule has 0 aliphatic heterocycles. The molecule has 1 saturated carbocycles. The summed E-state index contributed by atoms with van der Waals surface area (Å²) < 4.78 is 0. The Morgan fingerprint density at radius 3 is 2.31 bits per heavy atom. The standard InChI is InChI=1S/C15H26O/c1-11(2)9-15(16)10-13(4)14-7-5-12(3)6-8-14/h9,12-14H,5-8,10H2,1-4H3. The van der Waals surface area contributed by atoms with Gasteiger partial charge in [-0.2, -0.15) is 0 Å². The van der Waals surface area contributed by atoms with E-state index in [0.29, 0.717) is 11.7 Å². The van der Waals surface area contributed by atoms with Crippen molar-refractivity contribution in [3.63, 3.8) is 0 Å². The van der Waals surface area contributed by atoms with Crippen molar-refractivity contribution in [2.75, 3.05) is 0 Å². The first-order valence-corrected chi connectivity index (χ1v) is 6.66. The largest absolute Gasteiger partial charge is 0.295 e. The molecule has 0 heterocycles. The molecule has 0 aromatic carbocycles. The molecule has 0 spiro atoms. The molecule has 92 valence electrons. The molecule has 16 heavy (non-hydrogen) atoms. The summed E-state index contributed by atoms with van der Waals surface area (Å²) >= 11 is 0. The van der Waals surface area contributed by atoms with Crippen LogP contribution in [-0.2, 0) is 4.79 Å². The smallest absolute Gasteiger partial charge is 0.155 e. The van der Waals surface area contributed by atoms with E-state index in [-0.39, 0.29) is 0 Å². The maximum Gasteiger partial charge on any atom is 0.155 e. The maximum absolute atomic E-state index is 11.7. The van der Waals surface area contributed by atoms with E-state index in [4.69, 9.17) is 0 Å². The summed E-state index contributed by atoms with van der Waals surface area (Å²) in [5, 5.41) is 0. The molecule has 0 aromatic rings. The van der Waals surface area contributed by atoms with Crippen LogP contribution in [0.25, 0.3) is 0 Å². The normalized spacial score (nSPS) is 27.2. The Morgan fingerprint density at radius 2 is 1.81 bits per heavy atom. The molecule has 0 N–H and O–H groups in total. The van der Waals surface area contributed by atoms with Gasteiger partial charge in [-0.15, -0.1) is 0 Å². The van der Waals surface area contributed by atoms with Gasteiger partial charge in [0.1, 0.15) is 0 Å². The molecular weight excluding hydrogens is 196 g/mol. The van der Waals surface area contributed by atoms with Crippen LogP contribution in [0.15, 0.2) is 11.6 Å². The van der Waals surface area contributed by atoms with E-state index < -0.39 is 0 Å². The molecule has 1 nitrogen and oxygen atoms in total. The van der Waals surface area contributed by atoms with Crippen LogP contribution in [0.4, 0.5) is 0 Å². The van der Waals surface area contributed by atoms with Gasteiger partial charge in [-0.05, 0) is 50.5 Å². The summed E-state index contributed by atoms with van der Waals surface area (Å²) in [7, 11) is 0. The second kappa shape index (κ2) is 6.22. The van der Waals surface area contributed by atoms with E-state index in [2.05, 4.69) is 13.8 Å². The number of rotatable bonds is 4. The molecule has 0 saturated heterocycles. The highest BCUT2D eigenvalue weighted by Gasteiger charge is 2.24. The summed E-state index contributed by atoms with van der Waals surface area (Å²) in [6.45, 7) is 8.57. The molecule has 1 atom stereocenters. The number of allylic oxidation sites excluding steroid dienone is 2. The zero-order chi connectivity index (χ0) is 12.1. The van der Waals surface area contributed by atoms with Gasteiger partial charge in [-0.25, -0.2) is 0 Å². The van der Waals surface area contributed by atoms with Gasteiger partial charge in [-0.1, -0.05) is 32.3 Å². The number of hydrogen-bond acceptors (Lipinski definition) is 1. The Morgan fingerprint density at radius 1 is 1.25 bits per heavy atom. The van der Waals surface area contributed by atoms with E-state index in [0.717, 1.165) is 23.8 Å². The van der Waals surface area contributed by atoms with Gasteiger partial charge in [0.25, 0.3) is 0 Å². The molecule has 1 aliphatic carbocycles. The minimum Gasteiger partial charge on any atom is -0.295 e. The minimum atomic E-state index is 0.311. The topological polar surface area (TPSA) is 17.1 Å². The van der Waals surface area contributed by atoms with Crippen LogP contribution in [0.1, 0.15) is 59.8 Å². The van der Waals surface area contributed by atoms with Crippen molar-refractivity contribution in [2.45, 2.75) is 59.8 Å². The predicted octanol–water partition coefficient (Wildman–Crippen LogP) is 4.37. The van der Waals surface area contributed by atoms with Crippen molar-refractivity contribution in [3.05, 3.63) is 11.6 Å². The van der Waals surface area contributed by atoms with Crippen LogP contribution in [-0.4, -0.2) is 5.78 Å². The Bertz CT molecular complexity index is 253. The quantitative estimate of drug-likeness (QED) is 0.645. The first-order chi connectivity index (χ1) is 7.49. The number of carbonyl (C=O) groups excluding carboxylic acids is 1. The lowest BCUT2D eigenvalue weighted by Gasteiger charge is -2.30. The molecule has 0 aromatic heterocycles. The predicted molar refractivity (Wildman–Crippen MR) is 69.3 cm³/mol. The molecule has 0 radical (unpaired) electrons. The van der Waals surface area contributed by atoms with Gasteiger partial charge in [0.2, 0.25) is 0 Å². The summed E-state index contributed by atoms with van der Waals surface area (Å²) in [4.78, 5) is 11.7. The average Bonchev–Trinajstić information content (AvgIpc) is 2.16. The third-order valence-corrected chi connectivity index (χ3v) is 3.84. The minimum absolute atomic E-state index is 0.311. The van der Waals surface area contributed by atoms with Crippen molar-refractivity contribution < 1.29 is 4.79 Å². The first-order valence-electron chi connectivity index (χ1n) is 6.66. The first kappa shape index (κ1) is 13.5. The van der Waals surface area contributed by atoms with Crippen molar-refractivity contribution in [1.29, 1.82) is 0 Å².